The largest absolute Gasteiger partial charge is 0.493 e. The molecule has 1 saturated carbocycles. The zero-order chi connectivity index (χ0) is 15.1. The Morgan fingerprint density at radius 1 is 1.14 bits per heavy atom. The third-order valence-corrected chi connectivity index (χ3v) is 3.70. The lowest BCUT2D eigenvalue weighted by molar-refractivity contribution is -0.124. The topological polar surface area (TPSA) is 56.8 Å². The Labute approximate surface area is 125 Å². The first kappa shape index (κ1) is 15.5. The minimum absolute atomic E-state index is 0.0345. The molecule has 0 spiro atoms. The van der Waals surface area contributed by atoms with Crippen molar-refractivity contribution in [2.24, 2.45) is 0 Å². The normalized spacial score (nSPS) is 15.3. The summed E-state index contributed by atoms with van der Waals surface area (Å²) in [7, 11) is 3.12. The highest BCUT2D eigenvalue weighted by Gasteiger charge is 2.17. The number of benzene rings is 1. The molecule has 1 aromatic rings. The van der Waals surface area contributed by atoms with Gasteiger partial charge in [0, 0.05) is 6.04 Å². The van der Waals surface area contributed by atoms with Gasteiger partial charge in [0.25, 0.3) is 5.91 Å². The summed E-state index contributed by atoms with van der Waals surface area (Å²) in [5.41, 5.74) is 0. The summed E-state index contributed by atoms with van der Waals surface area (Å²) in [6.07, 6.45) is 5.76. The number of carbonyl (C=O) groups is 1. The maximum Gasteiger partial charge on any atom is 0.258 e. The number of hydrogen-bond acceptors (Lipinski definition) is 4. The lowest BCUT2D eigenvalue weighted by atomic mass is 9.95. The van der Waals surface area contributed by atoms with E-state index in [1.807, 2.05) is 6.07 Å². The van der Waals surface area contributed by atoms with Gasteiger partial charge in [-0.05, 0) is 25.0 Å². The van der Waals surface area contributed by atoms with Crippen molar-refractivity contribution in [2.75, 3.05) is 20.8 Å². The number of ether oxygens (including phenoxy) is 3. The van der Waals surface area contributed by atoms with Crippen LogP contribution in [0, 0.1) is 0 Å². The number of amides is 1. The van der Waals surface area contributed by atoms with Gasteiger partial charge in [-0.1, -0.05) is 25.3 Å². The van der Waals surface area contributed by atoms with Crippen LogP contribution in [0.3, 0.4) is 0 Å². The first-order valence-electron chi connectivity index (χ1n) is 7.37. The lowest BCUT2D eigenvalue weighted by Gasteiger charge is -2.23. The van der Waals surface area contributed by atoms with Crippen molar-refractivity contribution in [3.63, 3.8) is 0 Å². The van der Waals surface area contributed by atoms with Gasteiger partial charge in [0.15, 0.2) is 18.1 Å². The summed E-state index contributed by atoms with van der Waals surface area (Å²) in [5.74, 6) is 1.47. The van der Waals surface area contributed by atoms with E-state index in [2.05, 4.69) is 5.32 Å². The molecule has 2 rings (SSSR count). The summed E-state index contributed by atoms with van der Waals surface area (Å²) < 4.78 is 16.1. The molecule has 0 aromatic heterocycles. The van der Waals surface area contributed by atoms with Crippen LogP contribution in [0.25, 0.3) is 0 Å². The first-order chi connectivity index (χ1) is 10.2. The molecule has 0 aliphatic heterocycles. The Kier molecular flexibility index (Phi) is 5.72. The molecule has 0 bridgehead atoms. The van der Waals surface area contributed by atoms with Gasteiger partial charge in [-0.25, -0.2) is 0 Å². The van der Waals surface area contributed by atoms with Crippen molar-refractivity contribution in [1.82, 2.24) is 5.32 Å². The molecule has 0 atom stereocenters. The van der Waals surface area contributed by atoms with E-state index >= 15 is 0 Å². The van der Waals surface area contributed by atoms with Crippen LogP contribution in [0.5, 0.6) is 17.2 Å². The summed E-state index contributed by atoms with van der Waals surface area (Å²) in [6.45, 7) is -0.0345. The van der Waals surface area contributed by atoms with Crippen LogP contribution in [0.2, 0.25) is 0 Å². The predicted molar refractivity (Wildman–Crippen MR) is 80.1 cm³/mol. The Bertz CT molecular complexity index is 447. The first-order valence-corrected chi connectivity index (χ1v) is 7.37. The maximum atomic E-state index is 12.0. The smallest absolute Gasteiger partial charge is 0.258 e. The zero-order valence-corrected chi connectivity index (χ0v) is 12.7. The summed E-state index contributed by atoms with van der Waals surface area (Å²) in [4.78, 5) is 12.0. The Morgan fingerprint density at radius 2 is 1.76 bits per heavy atom. The second-order valence-electron chi connectivity index (χ2n) is 5.18. The average molecular weight is 293 g/mol. The van der Waals surface area contributed by atoms with E-state index < -0.39 is 0 Å². The highest BCUT2D eigenvalue weighted by atomic mass is 16.5. The third-order valence-electron chi connectivity index (χ3n) is 3.70. The van der Waals surface area contributed by atoms with E-state index in [1.54, 1.807) is 26.4 Å². The molecule has 1 N–H and O–H groups in total. The molecule has 5 heteroatoms. The highest BCUT2D eigenvalue weighted by Crippen LogP contribution is 2.36. The van der Waals surface area contributed by atoms with Gasteiger partial charge in [0.1, 0.15) is 0 Å². The van der Waals surface area contributed by atoms with E-state index in [0.29, 0.717) is 17.2 Å². The van der Waals surface area contributed by atoms with Gasteiger partial charge in [-0.2, -0.15) is 0 Å². The highest BCUT2D eigenvalue weighted by molar-refractivity contribution is 5.78. The van der Waals surface area contributed by atoms with Crippen LogP contribution >= 0.6 is 0 Å². The number of rotatable bonds is 6. The van der Waals surface area contributed by atoms with Gasteiger partial charge in [0.05, 0.1) is 14.2 Å². The third kappa shape index (κ3) is 4.28. The predicted octanol–water partition coefficient (Wildman–Crippen LogP) is 2.53. The molecule has 1 aliphatic rings. The number of nitrogens with one attached hydrogen (secondary N) is 1. The van der Waals surface area contributed by atoms with Crippen LogP contribution in [-0.2, 0) is 4.79 Å². The molecule has 0 radical (unpaired) electrons. The number of methoxy groups -OCH3 is 2. The lowest BCUT2D eigenvalue weighted by Crippen LogP contribution is -2.39. The van der Waals surface area contributed by atoms with E-state index in [4.69, 9.17) is 14.2 Å². The van der Waals surface area contributed by atoms with Gasteiger partial charge >= 0.3 is 0 Å². The van der Waals surface area contributed by atoms with Gasteiger partial charge < -0.3 is 19.5 Å². The molecule has 1 amide bonds. The molecule has 0 unspecified atom stereocenters. The molecule has 1 aliphatic carbocycles. The SMILES string of the molecule is COc1cccc(OC)c1OCC(=O)NC1CCCCC1. The summed E-state index contributed by atoms with van der Waals surface area (Å²) >= 11 is 0. The van der Waals surface area contributed by atoms with E-state index in [9.17, 15) is 4.79 Å². The standard InChI is InChI=1S/C16H23NO4/c1-19-13-9-6-10-14(20-2)16(13)21-11-15(18)17-12-7-4-3-5-8-12/h6,9-10,12H,3-5,7-8,11H2,1-2H3,(H,17,18). The van der Waals surface area contributed by atoms with Crippen molar-refractivity contribution in [3.8, 4) is 17.2 Å². The molecule has 0 heterocycles. The van der Waals surface area contributed by atoms with Crippen molar-refractivity contribution in [1.29, 1.82) is 0 Å². The minimum atomic E-state index is -0.102. The molecule has 5 nitrogen and oxygen atoms in total. The zero-order valence-electron chi connectivity index (χ0n) is 12.7. The fourth-order valence-electron chi connectivity index (χ4n) is 2.61. The quantitative estimate of drug-likeness (QED) is 0.875. The number of hydrogen-bond donors (Lipinski definition) is 1. The molecular formula is C16H23NO4. The fraction of sp³-hybridized carbons (Fsp3) is 0.562. The van der Waals surface area contributed by atoms with E-state index in [-0.39, 0.29) is 18.6 Å². The fourth-order valence-corrected chi connectivity index (χ4v) is 2.61. The van der Waals surface area contributed by atoms with Crippen LogP contribution in [0.4, 0.5) is 0 Å². The van der Waals surface area contributed by atoms with Crippen molar-refractivity contribution in [3.05, 3.63) is 18.2 Å². The Hall–Kier alpha value is -1.91. The average Bonchev–Trinajstić information content (AvgIpc) is 2.53. The molecule has 21 heavy (non-hydrogen) atoms. The summed E-state index contributed by atoms with van der Waals surface area (Å²) in [6, 6.07) is 5.65. The van der Waals surface area contributed by atoms with Crippen molar-refractivity contribution < 1.29 is 19.0 Å². The monoisotopic (exact) mass is 293 g/mol. The molecule has 1 aromatic carbocycles. The Morgan fingerprint density at radius 3 is 2.33 bits per heavy atom. The van der Waals surface area contributed by atoms with Gasteiger partial charge in [-0.3, -0.25) is 4.79 Å². The molecular weight excluding hydrogens is 270 g/mol. The maximum absolute atomic E-state index is 12.0. The van der Waals surface area contributed by atoms with E-state index in [1.165, 1.54) is 19.3 Å². The van der Waals surface area contributed by atoms with Crippen LogP contribution in [-0.4, -0.2) is 32.8 Å². The molecule has 1 fully saturated rings. The van der Waals surface area contributed by atoms with E-state index in [0.717, 1.165) is 12.8 Å². The number of carbonyl (C=O) groups excluding carboxylic acids is 1. The minimum Gasteiger partial charge on any atom is -0.493 e. The number of para-hydroxylation sites is 1. The van der Waals surface area contributed by atoms with Crippen LogP contribution in [0.1, 0.15) is 32.1 Å². The van der Waals surface area contributed by atoms with Crippen molar-refractivity contribution >= 4 is 5.91 Å². The van der Waals surface area contributed by atoms with Crippen LogP contribution < -0.4 is 19.5 Å². The second-order valence-corrected chi connectivity index (χ2v) is 5.18. The Balaban J connectivity index is 1.91. The second kappa shape index (κ2) is 7.76. The molecule has 116 valence electrons. The summed E-state index contributed by atoms with van der Waals surface area (Å²) in [5, 5.41) is 3.02. The van der Waals surface area contributed by atoms with Crippen molar-refractivity contribution in [2.45, 2.75) is 38.1 Å². The van der Waals surface area contributed by atoms with Gasteiger partial charge in [-0.15, -0.1) is 0 Å². The van der Waals surface area contributed by atoms with Crippen LogP contribution in [0.15, 0.2) is 18.2 Å². The molecule has 0 saturated heterocycles. The van der Waals surface area contributed by atoms with Gasteiger partial charge in [0.2, 0.25) is 5.75 Å².